The molecule has 2 aromatic carbocycles. The molecule has 3 aromatic rings. The highest BCUT2D eigenvalue weighted by molar-refractivity contribution is 7.32. The molecule has 0 spiro atoms. The second kappa shape index (κ2) is 14.0. The van der Waals surface area contributed by atoms with E-state index < -0.39 is 8.25 Å². The Morgan fingerprint density at radius 3 is 2.47 bits per heavy atom. The van der Waals surface area contributed by atoms with Crippen molar-refractivity contribution in [2.45, 2.75) is 46.1 Å². The highest BCUT2D eigenvalue weighted by atomic mass is 31.1. The van der Waals surface area contributed by atoms with Crippen LogP contribution in [0.15, 0.2) is 65.5 Å². The summed E-state index contributed by atoms with van der Waals surface area (Å²) >= 11 is 0. The summed E-state index contributed by atoms with van der Waals surface area (Å²) < 4.78 is 20.5. The van der Waals surface area contributed by atoms with Crippen molar-refractivity contribution in [3.05, 3.63) is 77.7 Å². The van der Waals surface area contributed by atoms with Gasteiger partial charge in [-0.05, 0) is 73.0 Å². The highest BCUT2D eigenvalue weighted by Crippen LogP contribution is 2.30. The Bertz CT molecular complexity index is 1000. The van der Waals surface area contributed by atoms with Crippen molar-refractivity contribution < 1.29 is 18.4 Å². The molecule has 0 amide bonds. The summed E-state index contributed by atoms with van der Waals surface area (Å²) in [5.41, 5.74) is 7.21. The summed E-state index contributed by atoms with van der Waals surface area (Å²) in [4.78, 5) is 8.66. The standard InChI is InChI=1S/C27H35N2O4P/c1-21(2)17-23-8-6-22(7-9-23)5-3-14-29-27-11-10-24(18-26(27)25-12-16-32-20-25)19-28-13-4-15-33-34(30)31/h6-12,16,18,20-21,28-29H,3-5,13-15,17,19H2,1-2H3/p+1. The van der Waals surface area contributed by atoms with Gasteiger partial charge >= 0.3 is 8.25 Å². The Hall–Kier alpha value is -2.50. The second-order valence-electron chi connectivity index (χ2n) is 8.94. The van der Waals surface area contributed by atoms with E-state index in [0.29, 0.717) is 25.4 Å². The average Bonchev–Trinajstić information content (AvgIpc) is 3.35. The lowest BCUT2D eigenvalue weighted by Crippen LogP contribution is -2.16. The van der Waals surface area contributed by atoms with Crippen LogP contribution in [0.4, 0.5) is 5.69 Å². The molecule has 0 aliphatic rings. The van der Waals surface area contributed by atoms with E-state index in [9.17, 15) is 4.57 Å². The molecule has 0 radical (unpaired) electrons. The third-order valence-corrected chi connectivity index (χ3v) is 5.97. The van der Waals surface area contributed by atoms with Crippen LogP contribution in [0.5, 0.6) is 0 Å². The Kier molecular flexibility index (Phi) is 10.8. The zero-order chi connectivity index (χ0) is 24.2. The van der Waals surface area contributed by atoms with Gasteiger partial charge in [0.2, 0.25) is 0 Å². The van der Waals surface area contributed by atoms with Gasteiger partial charge in [0.15, 0.2) is 0 Å². The van der Waals surface area contributed by atoms with Crippen molar-refractivity contribution >= 4 is 13.9 Å². The number of hydrogen-bond acceptors (Lipinski definition) is 5. The first kappa shape index (κ1) is 26.1. The molecule has 1 heterocycles. The fraction of sp³-hybridized carbons (Fsp3) is 0.407. The number of hydrogen-bond donors (Lipinski definition) is 3. The molecule has 1 atom stereocenters. The molecule has 0 fully saturated rings. The largest absolute Gasteiger partial charge is 0.694 e. The Balaban J connectivity index is 1.50. The summed E-state index contributed by atoms with van der Waals surface area (Å²) in [6.45, 7) is 7.09. The maximum Gasteiger partial charge on any atom is 0.694 e. The molecule has 0 bridgehead atoms. The van der Waals surface area contributed by atoms with Gasteiger partial charge in [-0.3, -0.25) is 0 Å². The summed E-state index contributed by atoms with van der Waals surface area (Å²) in [5, 5.41) is 6.95. The van der Waals surface area contributed by atoms with Gasteiger partial charge in [0.25, 0.3) is 0 Å². The second-order valence-corrected chi connectivity index (χ2v) is 9.67. The predicted octanol–water partition coefficient (Wildman–Crippen LogP) is 6.34. The Labute approximate surface area is 203 Å². The van der Waals surface area contributed by atoms with Gasteiger partial charge in [0.1, 0.15) is 6.61 Å². The first-order chi connectivity index (χ1) is 16.5. The van der Waals surface area contributed by atoms with Crippen LogP contribution >= 0.6 is 8.25 Å². The lowest BCUT2D eigenvalue weighted by molar-refractivity contribution is 0.276. The number of anilines is 1. The fourth-order valence-corrected chi connectivity index (χ4v) is 4.20. The monoisotopic (exact) mass is 483 g/mol. The van der Waals surface area contributed by atoms with Crippen LogP contribution in [-0.4, -0.2) is 24.6 Å². The van der Waals surface area contributed by atoms with E-state index in [1.807, 2.05) is 6.07 Å². The first-order valence-corrected chi connectivity index (χ1v) is 13.1. The van der Waals surface area contributed by atoms with Gasteiger partial charge in [0.05, 0.1) is 12.5 Å². The molecule has 34 heavy (non-hydrogen) atoms. The van der Waals surface area contributed by atoms with Gasteiger partial charge in [-0.15, -0.1) is 9.42 Å². The van der Waals surface area contributed by atoms with Crippen LogP contribution in [0.1, 0.15) is 43.4 Å². The molecule has 0 saturated carbocycles. The average molecular weight is 484 g/mol. The molecule has 0 saturated heterocycles. The summed E-state index contributed by atoms with van der Waals surface area (Å²) in [6.07, 6.45) is 7.37. The summed E-state index contributed by atoms with van der Waals surface area (Å²) in [7, 11) is -2.51. The lowest BCUT2D eigenvalue weighted by atomic mass is 10.0. The van der Waals surface area contributed by atoms with Crippen LogP contribution in [0.25, 0.3) is 11.1 Å². The van der Waals surface area contributed by atoms with Crippen molar-refractivity contribution in [3.63, 3.8) is 0 Å². The van der Waals surface area contributed by atoms with Crippen LogP contribution in [0.3, 0.4) is 0 Å². The van der Waals surface area contributed by atoms with Crippen LogP contribution in [-0.2, 0) is 28.5 Å². The van der Waals surface area contributed by atoms with Crippen molar-refractivity contribution in [2.75, 3.05) is 25.0 Å². The number of furan rings is 1. The van der Waals surface area contributed by atoms with Gasteiger partial charge in [0, 0.05) is 34.5 Å². The van der Waals surface area contributed by atoms with Crippen molar-refractivity contribution in [2.24, 2.45) is 5.92 Å². The number of nitrogens with one attached hydrogen (secondary N) is 2. The van der Waals surface area contributed by atoms with Gasteiger partial charge in [-0.25, -0.2) is 0 Å². The zero-order valence-electron chi connectivity index (χ0n) is 20.1. The molecular weight excluding hydrogens is 447 g/mol. The maximum absolute atomic E-state index is 10.5. The van der Waals surface area contributed by atoms with E-state index in [1.165, 1.54) is 11.1 Å². The molecular formula is C27H36N2O4P+. The normalized spacial score (nSPS) is 11.7. The topological polar surface area (TPSA) is 83.7 Å². The van der Waals surface area contributed by atoms with Crippen molar-refractivity contribution in [3.8, 4) is 11.1 Å². The molecule has 6 nitrogen and oxygen atoms in total. The van der Waals surface area contributed by atoms with E-state index in [2.05, 4.69) is 71.5 Å². The highest BCUT2D eigenvalue weighted by Gasteiger charge is 2.11. The molecule has 3 rings (SSSR count). The molecule has 1 aromatic heterocycles. The SMILES string of the molecule is CC(C)Cc1ccc(CCCNc2ccc(CNCCCO[P+](=O)O)cc2-c2ccoc2)cc1. The number of benzene rings is 2. The third kappa shape index (κ3) is 9.03. The smallest absolute Gasteiger partial charge is 0.472 e. The number of aryl methyl sites for hydroxylation is 1. The molecule has 182 valence electrons. The van der Waals surface area contributed by atoms with E-state index in [0.717, 1.165) is 48.2 Å². The molecule has 3 N–H and O–H groups in total. The van der Waals surface area contributed by atoms with Gasteiger partial charge in [-0.2, -0.15) is 0 Å². The Morgan fingerprint density at radius 1 is 1.00 bits per heavy atom. The van der Waals surface area contributed by atoms with Gasteiger partial charge in [-0.1, -0.05) is 44.2 Å². The summed E-state index contributed by atoms with van der Waals surface area (Å²) in [6, 6.07) is 17.4. The maximum atomic E-state index is 10.5. The molecule has 1 unspecified atom stereocenters. The zero-order valence-corrected chi connectivity index (χ0v) is 21.0. The summed E-state index contributed by atoms with van der Waals surface area (Å²) in [5.74, 6) is 0.682. The molecule has 0 aliphatic heterocycles. The van der Waals surface area contributed by atoms with E-state index in [4.69, 9.17) is 9.31 Å². The molecule has 0 aliphatic carbocycles. The van der Waals surface area contributed by atoms with Crippen LogP contribution < -0.4 is 10.6 Å². The third-order valence-electron chi connectivity index (χ3n) is 5.57. The minimum Gasteiger partial charge on any atom is -0.472 e. The first-order valence-electron chi connectivity index (χ1n) is 12.0. The van der Waals surface area contributed by atoms with E-state index in [1.54, 1.807) is 12.5 Å². The van der Waals surface area contributed by atoms with Crippen LogP contribution in [0.2, 0.25) is 0 Å². The van der Waals surface area contributed by atoms with Gasteiger partial charge < -0.3 is 15.1 Å². The Morgan fingerprint density at radius 2 is 1.76 bits per heavy atom. The lowest BCUT2D eigenvalue weighted by Gasteiger charge is -2.14. The quantitative estimate of drug-likeness (QED) is 0.173. The molecule has 7 heteroatoms. The van der Waals surface area contributed by atoms with Crippen molar-refractivity contribution in [1.29, 1.82) is 0 Å². The minimum absolute atomic E-state index is 0.268. The minimum atomic E-state index is -2.51. The predicted molar refractivity (Wildman–Crippen MR) is 138 cm³/mol. The van der Waals surface area contributed by atoms with E-state index >= 15 is 0 Å². The van der Waals surface area contributed by atoms with E-state index in [-0.39, 0.29) is 6.61 Å². The van der Waals surface area contributed by atoms with Crippen molar-refractivity contribution in [1.82, 2.24) is 5.32 Å². The van der Waals surface area contributed by atoms with Crippen LogP contribution in [0, 0.1) is 5.92 Å². The number of rotatable bonds is 15. The fourth-order valence-electron chi connectivity index (χ4n) is 3.91.